The van der Waals surface area contributed by atoms with Crippen LogP contribution < -0.4 is 5.32 Å². The third-order valence-electron chi connectivity index (χ3n) is 3.18. The Morgan fingerprint density at radius 3 is 2.76 bits per heavy atom. The molecule has 0 spiro atoms. The second-order valence-corrected chi connectivity index (χ2v) is 6.08. The van der Waals surface area contributed by atoms with E-state index < -0.39 is 29.4 Å². The molecule has 1 aliphatic rings. The van der Waals surface area contributed by atoms with Crippen molar-refractivity contribution < 1.29 is 18.3 Å². The number of rotatable bonds is 1. The molecule has 1 aliphatic heterocycles. The molecule has 0 saturated carbocycles. The Bertz CT molecular complexity index is 529. The van der Waals surface area contributed by atoms with Crippen LogP contribution in [-0.4, -0.2) is 36.2 Å². The summed E-state index contributed by atoms with van der Waals surface area (Å²) in [6, 6.07) is 3.62. The van der Waals surface area contributed by atoms with Crippen molar-refractivity contribution in [2.45, 2.75) is 32.4 Å². The number of hydrogen-bond acceptors (Lipinski definition) is 3. The number of benzene rings is 1. The number of nitrogens with one attached hydrogen (secondary N) is 1. The van der Waals surface area contributed by atoms with Crippen molar-refractivity contribution in [2.75, 3.05) is 19.6 Å². The molecule has 2 rings (SSSR count). The molecule has 4 nitrogen and oxygen atoms in total. The maximum Gasteiger partial charge on any atom is 0.410 e. The van der Waals surface area contributed by atoms with Crippen LogP contribution >= 0.6 is 0 Å². The zero-order chi connectivity index (χ0) is 15.6. The van der Waals surface area contributed by atoms with E-state index in [2.05, 4.69) is 5.32 Å². The fourth-order valence-corrected chi connectivity index (χ4v) is 2.24. The van der Waals surface area contributed by atoms with E-state index in [9.17, 15) is 13.6 Å². The summed E-state index contributed by atoms with van der Waals surface area (Å²) in [7, 11) is 0. The molecule has 1 saturated heterocycles. The second kappa shape index (κ2) is 5.97. The lowest BCUT2D eigenvalue weighted by atomic mass is 10.0. The largest absolute Gasteiger partial charge is 0.444 e. The predicted molar refractivity (Wildman–Crippen MR) is 74.9 cm³/mol. The minimum atomic E-state index is -0.885. The van der Waals surface area contributed by atoms with E-state index in [-0.39, 0.29) is 12.1 Å². The van der Waals surface area contributed by atoms with Gasteiger partial charge in [0.1, 0.15) is 5.60 Å². The van der Waals surface area contributed by atoms with Crippen LogP contribution in [0.2, 0.25) is 0 Å². The maximum atomic E-state index is 13.8. The van der Waals surface area contributed by atoms with Gasteiger partial charge in [0, 0.05) is 25.2 Å². The van der Waals surface area contributed by atoms with Gasteiger partial charge in [-0.25, -0.2) is 13.6 Å². The average molecular weight is 298 g/mol. The van der Waals surface area contributed by atoms with Crippen molar-refractivity contribution in [3.05, 3.63) is 35.4 Å². The molecular formula is C15H20F2N2O2. The van der Waals surface area contributed by atoms with Gasteiger partial charge in [-0.3, -0.25) is 0 Å². The normalized spacial score (nSPS) is 19.5. The first-order valence-electron chi connectivity index (χ1n) is 6.93. The molecule has 0 aromatic heterocycles. The van der Waals surface area contributed by atoms with Crippen LogP contribution in [0.25, 0.3) is 0 Å². The molecule has 1 N–H and O–H groups in total. The smallest absolute Gasteiger partial charge is 0.410 e. The molecule has 0 aliphatic carbocycles. The first-order chi connectivity index (χ1) is 9.78. The van der Waals surface area contributed by atoms with Gasteiger partial charge in [-0.15, -0.1) is 0 Å². The minimum absolute atomic E-state index is 0.225. The highest BCUT2D eigenvalue weighted by atomic mass is 19.2. The molecule has 0 unspecified atom stereocenters. The van der Waals surface area contributed by atoms with E-state index in [1.807, 2.05) is 0 Å². The maximum absolute atomic E-state index is 13.8. The highest BCUT2D eigenvalue weighted by molar-refractivity contribution is 5.68. The van der Waals surface area contributed by atoms with Crippen molar-refractivity contribution in [1.29, 1.82) is 0 Å². The zero-order valence-electron chi connectivity index (χ0n) is 12.5. The monoisotopic (exact) mass is 298 g/mol. The summed E-state index contributed by atoms with van der Waals surface area (Å²) in [6.07, 6.45) is -0.439. The first-order valence-corrected chi connectivity index (χ1v) is 6.93. The highest BCUT2D eigenvalue weighted by Gasteiger charge is 2.29. The number of halogens is 2. The van der Waals surface area contributed by atoms with Crippen LogP contribution in [0, 0.1) is 11.6 Å². The topological polar surface area (TPSA) is 41.6 Å². The van der Waals surface area contributed by atoms with Crippen molar-refractivity contribution in [1.82, 2.24) is 10.2 Å². The Hall–Kier alpha value is -1.69. The number of carbonyl (C=O) groups excluding carboxylic acids is 1. The molecular weight excluding hydrogens is 278 g/mol. The Labute approximate surface area is 123 Å². The summed E-state index contributed by atoms with van der Waals surface area (Å²) in [4.78, 5) is 13.6. The molecule has 6 heteroatoms. The van der Waals surface area contributed by atoms with Crippen molar-refractivity contribution in [2.24, 2.45) is 0 Å². The van der Waals surface area contributed by atoms with Crippen molar-refractivity contribution in [3.63, 3.8) is 0 Å². The summed E-state index contributed by atoms with van der Waals surface area (Å²) < 4.78 is 32.4. The average Bonchev–Trinajstić information content (AvgIpc) is 2.40. The molecule has 1 aromatic carbocycles. The second-order valence-electron chi connectivity index (χ2n) is 6.08. The summed E-state index contributed by atoms with van der Waals surface area (Å²) >= 11 is 0. The molecule has 1 amide bonds. The van der Waals surface area contributed by atoms with E-state index >= 15 is 0 Å². The van der Waals surface area contributed by atoms with E-state index in [1.165, 1.54) is 17.0 Å². The van der Waals surface area contributed by atoms with Gasteiger partial charge in [-0.2, -0.15) is 0 Å². The number of nitrogens with zero attached hydrogens (tertiary/aromatic N) is 1. The Morgan fingerprint density at radius 1 is 1.38 bits per heavy atom. The third kappa shape index (κ3) is 3.91. The summed E-state index contributed by atoms with van der Waals surface area (Å²) in [5.41, 5.74) is -0.357. The summed E-state index contributed by atoms with van der Waals surface area (Å²) in [6.45, 7) is 6.59. The van der Waals surface area contributed by atoms with Crippen molar-refractivity contribution >= 4 is 6.09 Å². The summed E-state index contributed by atoms with van der Waals surface area (Å²) in [5, 5.41) is 3.10. The standard InChI is InChI=1S/C15H20F2N2O2/c1-15(2,3)21-14(20)19-8-7-18-12(9-19)10-5-4-6-11(16)13(10)17/h4-6,12,18H,7-9H2,1-3H3/t12-/m0/s1. The van der Waals surface area contributed by atoms with Crippen LogP contribution in [0.5, 0.6) is 0 Å². The lowest BCUT2D eigenvalue weighted by Crippen LogP contribution is -2.49. The Morgan fingerprint density at radius 2 is 2.10 bits per heavy atom. The predicted octanol–water partition coefficient (Wildman–Crippen LogP) is 2.85. The molecule has 21 heavy (non-hydrogen) atoms. The minimum Gasteiger partial charge on any atom is -0.444 e. The SMILES string of the molecule is CC(C)(C)OC(=O)N1CCN[C@H](c2cccc(F)c2F)C1. The van der Waals surface area contributed by atoms with Crippen LogP contribution in [0.15, 0.2) is 18.2 Å². The van der Waals surface area contributed by atoms with Gasteiger partial charge in [0.25, 0.3) is 0 Å². The van der Waals surface area contributed by atoms with E-state index in [0.29, 0.717) is 13.1 Å². The van der Waals surface area contributed by atoms with Gasteiger partial charge in [0.2, 0.25) is 0 Å². The highest BCUT2D eigenvalue weighted by Crippen LogP contribution is 2.23. The van der Waals surface area contributed by atoms with Gasteiger partial charge in [0.05, 0.1) is 6.04 Å². The number of ether oxygens (including phenoxy) is 1. The van der Waals surface area contributed by atoms with E-state index in [0.717, 1.165) is 6.07 Å². The quantitative estimate of drug-likeness (QED) is 0.867. The van der Waals surface area contributed by atoms with Crippen LogP contribution in [-0.2, 0) is 4.74 Å². The Kier molecular flexibility index (Phi) is 4.46. The molecule has 116 valence electrons. The van der Waals surface area contributed by atoms with Gasteiger partial charge >= 0.3 is 6.09 Å². The fourth-order valence-electron chi connectivity index (χ4n) is 2.24. The summed E-state index contributed by atoms with van der Waals surface area (Å²) in [5.74, 6) is -1.76. The number of amides is 1. The van der Waals surface area contributed by atoms with Gasteiger partial charge in [-0.05, 0) is 26.8 Å². The third-order valence-corrected chi connectivity index (χ3v) is 3.18. The molecule has 1 heterocycles. The van der Waals surface area contributed by atoms with Gasteiger partial charge in [0.15, 0.2) is 11.6 Å². The molecule has 1 aromatic rings. The number of piperazine rings is 1. The van der Waals surface area contributed by atoms with Crippen LogP contribution in [0.3, 0.4) is 0 Å². The zero-order valence-corrected chi connectivity index (χ0v) is 12.5. The Balaban J connectivity index is 2.10. The van der Waals surface area contributed by atoms with Crippen LogP contribution in [0.4, 0.5) is 13.6 Å². The van der Waals surface area contributed by atoms with E-state index in [1.54, 1.807) is 20.8 Å². The number of hydrogen-bond donors (Lipinski definition) is 1. The van der Waals surface area contributed by atoms with Gasteiger partial charge in [-0.1, -0.05) is 12.1 Å². The van der Waals surface area contributed by atoms with Gasteiger partial charge < -0.3 is 15.0 Å². The fraction of sp³-hybridized carbons (Fsp3) is 0.533. The lowest BCUT2D eigenvalue weighted by molar-refractivity contribution is 0.0193. The molecule has 1 fully saturated rings. The van der Waals surface area contributed by atoms with E-state index in [4.69, 9.17) is 4.74 Å². The number of carbonyl (C=O) groups is 1. The molecule has 1 atom stereocenters. The van der Waals surface area contributed by atoms with Crippen molar-refractivity contribution in [3.8, 4) is 0 Å². The lowest BCUT2D eigenvalue weighted by Gasteiger charge is -2.35. The molecule has 0 radical (unpaired) electrons. The first kappa shape index (κ1) is 15.7. The molecule has 0 bridgehead atoms. The van der Waals surface area contributed by atoms with Crippen LogP contribution in [0.1, 0.15) is 32.4 Å².